The minimum Gasteiger partial charge on any atom is -0.473 e. The zero-order valence-electron chi connectivity index (χ0n) is 17.4. The van der Waals surface area contributed by atoms with Crippen molar-refractivity contribution in [2.24, 2.45) is 7.05 Å². The molecule has 1 unspecified atom stereocenters. The molecule has 1 aliphatic rings. The largest absolute Gasteiger partial charge is 0.473 e. The molecule has 0 radical (unpaired) electrons. The van der Waals surface area contributed by atoms with Crippen LogP contribution in [0.15, 0.2) is 31.0 Å². The first-order valence-electron chi connectivity index (χ1n) is 10.2. The van der Waals surface area contributed by atoms with Gasteiger partial charge in [0.25, 0.3) is 0 Å². The number of benzene rings is 1. The molecule has 0 aliphatic carbocycles. The number of hydrogen-bond donors (Lipinski definition) is 1. The van der Waals surface area contributed by atoms with Crippen molar-refractivity contribution in [1.82, 2.24) is 24.9 Å². The maximum absolute atomic E-state index is 6.16. The Morgan fingerprint density at radius 1 is 1.41 bits per heavy atom. The van der Waals surface area contributed by atoms with Crippen LogP contribution < -0.4 is 10.1 Å². The average molecular weight is 396 g/mol. The summed E-state index contributed by atoms with van der Waals surface area (Å²) in [6.07, 6.45) is 6.95. The Morgan fingerprint density at radius 2 is 2.28 bits per heavy atom. The van der Waals surface area contributed by atoms with Crippen molar-refractivity contribution in [3.8, 4) is 17.0 Å². The van der Waals surface area contributed by atoms with E-state index in [4.69, 9.17) is 14.6 Å². The van der Waals surface area contributed by atoms with Gasteiger partial charge in [-0.25, -0.2) is 9.36 Å². The Hall–Kier alpha value is -2.64. The van der Waals surface area contributed by atoms with E-state index in [2.05, 4.69) is 35.2 Å². The fraction of sp³-hybridized carbons (Fsp3) is 0.455. The number of aromatic nitrogens is 4. The summed E-state index contributed by atoms with van der Waals surface area (Å²) in [5.41, 5.74) is 3.94. The van der Waals surface area contributed by atoms with Gasteiger partial charge in [-0.1, -0.05) is 12.6 Å². The number of nitrogens with zero attached hydrogens (tertiary/aromatic N) is 4. The fourth-order valence-electron chi connectivity index (χ4n) is 3.90. The van der Waals surface area contributed by atoms with E-state index in [9.17, 15) is 0 Å². The smallest absolute Gasteiger partial charge is 0.219 e. The Kier molecular flexibility index (Phi) is 5.69. The van der Waals surface area contributed by atoms with Crippen molar-refractivity contribution in [3.63, 3.8) is 0 Å². The molecule has 7 heteroatoms. The van der Waals surface area contributed by atoms with E-state index in [1.54, 1.807) is 10.8 Å². The zero-order chi connectivity index (χ0) is 20.4. The van der Waals surface area contributed by atoms with Crippen LogP contribution in [0.25, 0.3) is 28.1 Å². The summed E-state index contributed by atoms with van der Waals surface area (Å²) >= 11 is 0. The third kappa shape index (κ3) is 3.80. The van der Waals surface area contributed by atoms with Gasteiger partial charge in [0.1, 0.15) is 6.10 Å². The number of rotatable bonds is 7. The second-order valence-electron chi connectivity index (χ2n) is 7.56. The summed E-state index contributed by atoms with van der Waals surface area (Å²) in [4.78, 5) is 0. The van der Waals surface area contributed by atoms with Crippen LogP contribution in [-0.4, -0.2) is 45.9 Å². The van der Waals surface area contributed by atoms with Gasteiger partial charge in [0.15, 0.2) is 6.23 Å². The molecule has 2 aromatic heterocycles. The van der Waals surface area contributed by atoms with Crippen LogP contribution in [0, 0.1) is 0 Å². The van der Waals surface area contributed by atoms with Crippen LogP contribution in [0.4, 0.5) is 0 Å². The molecule has 0 bridgehead atoms. The lowest BCUT2D eigenvalue weighted by molar-refractivity contribution is -0.0367. The molecule has 4 rings (SSSR count). The molecule has 3 aromatic rings. The Labute approximate surface area is 171 Å². The van der Waals surface area contributed by atoms with Crippen molar-refractivity contribution in [3.05, 3.63) is 36.7 Å². The van der Waals surface area contributed by atoms with E-state index in [1.807, 2.05) is 31.9 Å². The molecule has 1 aliphatic heterocycles. The van der Waals surface area contributed by atoms with Gasteiger partial charge >= 0.3 is 0 Å². The number of likely N-dealkylation sites (N-methyl/N-ethyl adjacent to an activating group) is 1. The quantitative estimate of drug-likeness (QED) is 0.660. The molecule has 7 nitrogen and oxygen atoms in total. The van der Waals surface area contributed by atoms with Crippen LogP contribution in [0.2, 0.25) is 0 Å². The molecule has 1 saturated heterocycles. The highest BCUT2D eigenvalue weighted by atomic mass is 16.5. The summed E-state index contributed by atoms with van der Waals surface area (Å²) in [7, 11) is 3.82. The van der Waals surface area contributed by atoms with Crippen LogP contribution in [0.1, 0.15) is 38.1 Å². The Balaban J connectivity index is 1.74. The van der Waals surface area contributed by atoms with Crippen molar-refractivity contribution in [2.75, 3.05) is 20.2 Å². The minimum absolute atomic E-state index is 0.00882. The van der Waals surface area contributed by atoms with E-state index < -0.39 is 0 Å². The normalized spacial score (nSPS) is 18.1. The van der Waals surface area contributed by atoms with Crippen molar-refractivity contribution >= 4 is 17.0 Å². The fourth-order valence-corrected chi connectivity index (χ4v) is 3.90. The highest BCUT2D eigenvalue weighted by molar-refractivity contribution is 5.91. The van der Waals surface area contributed by atoms with E-state index >= 15 is 0 Å². The van der Waals surface area contributed by atoms with E-state index in [1.165, 1.54) is 0 Å². The van der Waals surface area contributed by atoms with Gasteiger partial charge in [0, 0.05) is 25.6 Å². The molecule has 3 heterocycles. The third-order valence-electron chi connectivity index (χ3n) is 5.36. The number of hydrogen-bond acceptors (Lipinski definition) is 5. The van der Waals surface area contributed by atoms with Crippen LogP contribution in [0.3, 0.4) is 0 Å². The summed E-state index contributed by atoms with van der Waals surface area (Å²) in [6, 6.07) is 6.35. The van der Waals surface area contributed by atoms with Gasteiger partial charge in [-0.3, -0.25) is 0 Å². The van der Waals surface area contributed by atoms with Gasteiger partial charge < -0.3 is 14.8 Å². The lowest BCUT2D eigenvalue weighted by Gasteiger charge is -2.23. The predicted octanol–water partition coefficient (Wildman–Crippen LogP) is 3.77. The lowest BCUT2D eigenvalue weighted by atomic mass is 10.1. The van der Waals surface area contributed by atoms with E-state index in [0.29, 0.717) is 0 Å². The minimum atomic E-state index is -0.00882. The maximum Gasteiger partial charge on any atom is 0.219 e. The first kappa shape index (κ1) is 19.7. The molecule has 0 spiro atoms. The van der Waals surface area contributed by atoms with Gasteiger partial charge in [-0.2, -0.15) is 10.2 Å². The van der Waals surface area contributed by atoms with Crippen LogP contribution in [-0.2, 0) is 11.8 Å². The molecule has 0 saturated carbocycles. The highest BCUT2D eigenvalue weighted by Gasteiger charge is 2.22. The van der Waals surface area contributed by atoms with Gasteiger partial charge in [-0.15, -0.1) is 0 Å². The van der Waals surface area contributed by atoms with Crippen LogP contribution in [0.5, 0.6) is 5.88 Å². The SMILES string of the molecule is C=Cc1nn(C2CCCCO2)c2ccc(-c3cnn(C)c3O[C@@H](C)CNC)cc12. The first-order valence-corrected chi connectivity index (χ1v) is 10.2. The summed E-state index contributed by atoms with van der Waals surface area (Å²) < 4.78 is 15.9. The summed E-state index contributed by atoms with van der Waals surface area (Å²) in [6.45, 7) is 7.55. The monoisotopic (exact) mass is 395 g/mol. The molecular formula is C22H29N5O2. The Morgan fingerprint density at radius 3 is 3.00 bits per heavy atom. The average Bonchev–Trinajstić information content (AvgIpc) is 3.29. The van der Waals surface area contributed by atoms with Gasteiger partial charge in [0.05, 0.1) is 23.0 Å². The standard InChI is InChI=1S/C22H29N5O2/c1-5-19-17-12-16(18-14-24-26(4)22(18)29-15(2)13-23-3)9-10-20(17)27(25-19)21-8-6-7-11-28-21/h5,9-10,12,14-15,21,23H,1,6-8,11,13H2,2-4H3/t15-,21?/m0/s1. The number of nitrogens with one attached hydrogen (secondary N) is 1. The first-order chi connectivity index (χ1) is 14.1. The maximum atomic E-state index is 6.16. The summed E-state index contributed by atoms with van der Waals surface area (Å²) in [5.74, 6) is 0.759. The number of ether oxygens (including phenoxy) is 2. The van der Waals surface area contributed by atoms with E-state index in [-0.39, 0.29) is 12.3 Å². The molecule has 29 heavy (non-hydrogen) atoms. The van der Waals surface area contributed by atoms with E-state index in [0.717, 1.165) is 66.0 Å². The van der Waals surface area contributed by atoms with Crippen LogP contribution >= 0.6 is 0 Å². The molecular weight excluding hydrogens is 366 g/mol. The van der Waals surface area contributed by atoms with Crippen molar-refractivity contribution in [2.45, 2.75) is 38.5 Å². The highest BCUT2D eigenvalue weighted by Crippen LogP contribution is 2.35. The zero-order valence-corrected chi connectivity index (χ0v) is 17.4. The van der Waals surface area contributed by atoms with Crippen molar-refractivity contribution < 1.29 is 9.47 Å². The molecule has 154 valence electrons. The molecule has 0 amide bonds. The third-order valence-corrected chi connectivity index (χ3v) is 5.36. The molecule has 1 fully saturated rings. The summed E-state index contributed by atoms with van der Waals surface area (Å²) in [5, 5.41) is 13.4. The van der Waals surface area contributed by atoms with Gasteiger partial charge in [-0.05, 0) is 57.0 Å². The lowest BCUT2D eigenvalue weighted by Crippen LogP contribution is -2.26. The van der Waals surface area contributed by atoms with Gasteiger partial charge in [0.2, 0.25) is 5.88 Å². The van der Waals surface area contributed by atoms with Crippen molar-refractivity contribution in [1.29, 1.82) is 0 Å². The number of aryl methyl sites for hydroxylation is 1. The second-order valence-corrected chi connectivity index (χ2v) is 7.56. The molecule has 1 N–H and O–H groups in total. The molecule has 2 atom stereocenters. The second kappa shape index (κ2) is 8.39. The predicted molar refractivity (Wildman–Crippen MR) is 115 cm³/mol. The Bertz CT molecular complexity index is 1000. The number of fused-ring (bicyclic) bond motifs is 1. The molecule has 1 aromatic carbocycles. The topological polar surface area (TPSA) is 66.1 Å².